The van der Waals surface area contributed by atoms with Crippen molar-refractivity contribution in [2.75, 3.05) is 13.2 Å². The SMILES string of the molecule is CCOc1ccc(/C=C2/SC(=NCc3ccccc3)N(Cc3ccccc3)C2=O)cc1OCC. The Bertz CT molecular complexity index is 1180. The van der Waals surface area contributed by atoms with Gasteiger partial charge in [0.15, 0.2) is 16.7 Å². The summed E-state index contributed by atoms with van der Waals surface area (Å²) in [5.41, 5.74) is 3.05. The summed E-state index contributed by atoms with van der Waals surface area (Å²) >= 11 is 1.41. The van der Waals surface area contributed by atoms with Crippen molar-refractivity contribution in [2.24, 2.45) is 4.99 Å². The lowest BCUT2D eigenvalue weighted by Gasteiger charge is -2.15. The molecule has 1 aliphatic heterocycles. The molecule has 0 aliphatic carbocycles. The van der Waals surface area contributed by atoms with Crippen LogP contribution in [0.15, 0.2) is 88.8 Å². The van der Waals surface area contributed by atoms with Gasteiger partial charge < -0.3 is 9.47 Å². The van der Waals surface area contributed by atoms with Gasteiger partial charge in [-0.2, -0.15) is 0 Å². The van der Waals surface area contributed by atoms with E-state index >= 15 is 0 Å². The summed E-state index contributed by atoms with van der Waals surface area (Å²) in [6.07, 6.45) is 1.90. The van der Waals surface area contributed by atoms with Gasteiger partial charge in [-0.05, 0) is 60.5 Å². The van der Waals surface area contributed by atoms with Crippen LogP contribution in [0.4, 0.5) is 0 Å². The van der Waals surface area contributed by atoms with Crippen molar-refractivity contribution in [1.82, 2.24) is 4.90 Å². The van der Waals surface area contributed by atoms with Gasteiger partial charge >= 0.3 is 0 Å². The molecule has 4 rings (SSSR count). The zero-order valence-electron chi connectivity index (χ0n) is 19.4. The summed E-state index contributed by atoms with van der Waals surface area (Å²) in [5.74, 6) is 1.33. The van der Waals surface area contributed by atoms with Crippen LogP contribution in [0.25, 0.3) is 6.08 Å². The van der Waals surface area contributed by atoms with E-state index in [9.17, 15) is 4.79 Å². The van der Waals surface area contributed by atoms with Crippen LogP contribution in [0.3, 0.4) is 0 Å². The Morgan fingerprint density at radius 1 is 0.853 bits per heavy atom. The van der Waals surface area contributed by atoms with Crippen LogP contribution in [0.2, 0.25) is 0 Å². The van der Waals surface area contributed by atoms with E-state index in [4.69, 9.17) is 14.5 Å². The molecule has 1 saturated heterocycles. The Kier molecular flexibility index (Phi) is 8.04. The molecular weight excluding hydrogens is 444 g/mol. The second-order valence-corrected chi connectivity index (χ2v) is 8.65. The van der Waals surface area contributed by atoms with Crippen LogP contribution in [0, 0.1) is 0 Å². The Morgan fingerprint density at radius 2 is 1.50 bits per heavy atom. The highest BCUT2D eigenvalue weighted by atomic mass is 32.2. The highest BCUT2D eigenvalue weighted by molar-refractivity contribution is 8.18. The number of nitrogens with zero attached hydrogens (tertiary/aromatic N) is 2. The number of thioether (sulfide) groups is 1. The Morgan fingerprint density at radius 3 is 2.18 bits per heavy atom. The predicted molar refractivity (Wildman–Crippen MR) is 139 cm³/mol. The molecule has 0 bridgehead atoms. The maximum Gasteiger partial charge on any atom is 0.267 e. The highest BCUT2D eigenvalue weighted by Crippen LogP contribution is 2.36. The molecule has 1 fully saturated rings. The molecule has 0 radical (unpaired) electrons. The Labute approximate surface area is 205 Å². The molecule has 5 nitrogen and oxygen atoms in total. The minimum absolute atomic E-state index is 0.0486. The number of ether oxygens (including phenoxy) is 2. The average molecular weight is 473 g/mol. The zero-order chi connectivity index (χ0) is 23.8. The first-order valence-electron chi connectivity index (χ1n) is 11.4. The molecule has 34 heavy (non-hydrogen) atoms. The minimum Gasteiger partial charge on any atom is -0.490 e. The first kappa shape index (κ1) is 23.6. The first-order valence-corrected chi connectivity index (χ1v) is 12.2. The standard InChI is InChI=1S/C28H28N2O3S/c1-3-32-24-16-15-23(17-25(24)33-4-2)18-26-27(31)30(20-22-13-9-6-10-14-22)28(34-26)29-19-21-11-7-5-8-12-21/h5-18H,3-4,19-20H2,1-2H3/b26-18+,29-28?. The van der Waals surface area contributed by atoms with Crippen LogP contribution in [0.1, 0.15) is 30.5 Å². The fourth-order valence-corrected chi connectivity index (χ4v) is 4.56. The van der Waals surface area contributed by atoms with Crippen molar-refractivity contribution < 1.29 is 14.3 Å². The smallest absolute Gasteiger partial charge is 0.267 e. The number of hydrogen-bond acceptors (Lipinski definition) is 5. The molecule has 0 aromatic heterocycles. The molecule has 3 aromatic rings. The number of carbonyl (C=O) groups excluding carboxylic acids is 1. The molecule has 0 saturated carbocycles. The van der Waals surface area contributed by atoms with E-state index in [0.717, 1.165) is 16.7 Å². The van der Waals surface area contributed by atoms with Crippen molar-refractivity contribution in [2.45, 2.75) is 26.9 Å². The first-order chi connectivity index (χ1) is 16.7. The van der Waals surface area contributed by atoms with Gasteiger partial charge in [-0.15, -0.1) is 0 Å². The molecule has 1 heterocycles. The van der Waals surface area contributed by atoms with Crippen molar-refractivity contribution in [3.63, 3.8) is 0 Å². The molecule has 1 aliphatic rings. The molecule has 0 spiro atoms. The van der Waals surface area contributed by atoms with Crippen LogP contribution in [-0.2, 0) is 17.9 Å². The number of amidine groups is 1. The topological polar surface area (TPSA) is 51.1 Å². The van der Waals surface area contributed by atoms with Gasteiger partial charge in [0.1, 0.15) is 0 Å². The van der Waals surface area contributed by atoms with Crippen LogP contribution < -0.4 is 9.47 Å². The predicted octanol–water partition coefficient (Wildman–Crippen LogP) is 6.16. The third-order valence-electron chi connectivity index (χ3n) is 5.18. The van der Waals surface area contributed by atoms with Gasteiger partial charge in [0, 0.05) is 0 Å². The monoisotopic (exact) mass is 472 g/mol. The molecule has 1 amide bonds. The van der Waals surface area contributed by atoms with Gasteiger partial charge in [-0.3, -0.25) is 14.7 Å². The van der Waals surface area contributed by atoms with Crippen LogP contribution >= 0.6 is 11.8 Å². The molecule has 0 atom stereocenters. The van der Waals surface area contributed by atoms with E-state index < -0.39 is 0 Å². The number of benzene rings is 3. The molecule has 0 N–H and O–H groups in total. The Hall–Kier alpha value is -3.51. The normalized spacial score (nSPS) is 15.8. The number of carbonyl (C=O) groups is 1. The maximum atomic E-state index is 13.4. The molecule has 3 aromatic carbocycles. The lowest BCUT2D eigenvalue weighted by atomic mass is 10.1. The van der Waals surface area contributed by atoms with E-state index in [2.05, 4.69) is 0 Å². The summed E-state index contributed by atoms with van der Waals surface area (Å²) in [6.45, 7) is 5.97. The third-order valence-corrected chi connectivity index (χ3v) is 6.22. The summed E-state index contributed by atoms with van der Waals surface area (Å²) in [5, 5.41) is 0.708. The summed E-state index contributed by atoms with van der Waals surface area (Å²) in [4.78, 5) is 20.6. The number of amides is 1. The van der Waals surface area contributed by atoms with E-state index in [0.29, 0.717) is 47.9 Å². The molecule has 174 valence electrons. The number of hydrogen-bond donors (Lipinski definition) is 0. The lowest BCUT2D eigenvalue weighted by molar-refractivity contribution is -0.122. The van der Waals surface area contributed by atoms with Gasteiger partial charge in [-0.1, -0.05) is 66.7 Å². The second kappa shape index (κ2) is 11.6. The minimum atomic E-state index is -0.0486. The summed E-state index contributed by atoms with van der Waals surface area (Å²) in [6, 6.07) is 25.8. The highest BCUT2D eigenvalue weighted by Gasteiger charge is 2.33. The van der Waals surface area contributed by atoms with E-state index in [1.54, 1.807) is 4.90 Å². The third kappa shape index (κ3) is 5.88. The summed E-state index contributed by atoms with van der Waals surface area (Å²) < 4.78 is 11.4. The fraction of sp³-hybridized carbons (Fsp3) is 0.214. The van der Waals surface area contributed by atoms with Gasteiger partial charge in [-0.25, -0.2) is 0 Å². The van der Waals surface area contributed by atoms with Gasteiger partial charge in [0.25, 0.3) is 5.91 Å². The lowest BCUT2D eigenvalue weighted by Crippen LogP contribution is -2.28. The molecular formula is C28H28N2O3S. The van der Waals surface area contributed by atoms with E-state index in [-0.39, 0.29) is 5.91 Å². The Balaban J connectivity index is 1.63. The maximum absolute atomic E-state index is 13.4. The van der Waals surface area contributed by atoms with E-state index in [1.165, 1.54) is 11.8 Å². The van der Waals surface area contributed by atoms with Crippen molar-refractivity contribution >= 4 is 28.9 Å². The quantitative estimate of drug-likeness (QED) is 0.350. The molecule has 6 heteroatoms. The van der Waals surface area contributed by atoms with Gasteiger partial charge in [0.05, 0.1) is 31.2 Å². The largest absolute Gasteiger partial charge is 0.490 e. The van der Waals surface area contributed by atoms with Crippen LogP contribution in [-0.4, -0.2) is 29.2 Å². The second-order valence-electron chi connectivity index (χ2n) is 7.64. The zero-order valence-corrected chi connectivity index (χ0v) is 20.3. The number of aliphatic imine (C=N–C) groups is 1. The number of rotatable bonds is 9. The van der Waals surface area contributed by atoms with Crippen molar-refractivity contribution in [3.05, 3.63) is 100 Å². The molecule has 0 unspecified atom stereocenters. The van der Waals surface area contributed by atoms with Crippen LogP contribution in [0.5, 0.6) is 11.5 Å². The average Bonchev–Trinajstić information content (AvgIpc) is 3.15. The van der Waals surface area contributed by atoms with Crippen molar-refractivity contribution in [3.8, 4) is 11.5 Å². The fourth-order valence-electron chi connectivity index (χ4n) is 3.58. The van der Waals surface area contributed by atoms with Crippen molar-refractivity contribution in [1.29, 1.82) is 0 Å². The van der Waals surface area contributed by atoms with Gasteiger partial charge in [0.2, 0.25) is 0 Å². The summed E-state index contributed by atoms with van der Waals surface area (Å²) in [7, 11) is 0. The van der Waals surface area contributed by atoms with E-state index in [1.807, 2.05) is 98.8 Å².